The number of amides is 1. The van der Waals surface area contributed by atoms with E-state index in [1.165, 1.54) is 0 Å². The number of aromatic nitrogens is 2. The molecule has 0 aliphatic carbocycles. The van der Waals surface area contributed by atoms with E-state index in [2.05, 4.69) is 20.6 Å². The van der Waals surface area contributed by atoms with Gasteiger partial charge in [0.1, 0.15) is 0 Å². The number of carbonyl (C=O) groups is 1. The fourth-order valence-corrected chi connectivity index (χ4v) is 2.76. The zero-order valence-electron chi connectivity index (χ0n) is 14.4. The van der Waals surface area contributed by atoms with Gasteiger partial charge in [-0.3, -0.25) is 4.79 Å². The molecule has 0 atom stereocenters. The van der Waals surface area contributed by atoms with Crippen molar-refractivity contribution < 1.29 is 22.7 Å². The second kappa shape index (κ2) is 8.34. The molecule has 1 aliphatic rings. The summed E-state index contributed by atoms with van der Waals surface area (Å²) >= 11 is 0. The van der Waals surface area contributed by atoms with Crippen molar-refractivity contribution in [1.82, 2.24) is 15.3 Å². The second-order valence-electron chi connectivity index (χ2n) is 6.21. The highest BCUT2D eigenvalue weighted by Crippen LogP contribution is 2.31. The Morgan fingerprint density at radius 2 is 1.89 bits per heavy atom. The number of carbonyl (C=O) groups excluding carboxylic acids is 1. The average molecular weight is 380 g/mol. The van der Waals surface area contributed by atoms with E-state index < -0.39 is 23.3 Å². The van der Waals surface area contributed by atoms with Gasteiger partial charge < -0.3 is 15.4 Å². The van der Waals surface area contributed by atoms with E-state index in [1.807, 2.05) is 0 Å². The van der Waals surface area contributed by atoms with E-state index in [-0.39, 0.29) is 11.9 Å². The van der Waals surface area contributed by atoms with Crippen molar-refractivity contribution in [2.45, 2.75) is 19.0 Å². The monoisotopic (exact) mass is 380 g/mol. The Balaban J connectivity index is 1.76. The molecule has 2 aromatic rings. The van der Waals surface area contributed by atoms with Crippen LogP contribution in [0.1, 0.15) is 28.9 Å². The summed E-state index contributed by atoms with van der Waals surface area (Å²) in [6, 6.07) is 8.57. The first-order valence-corrected chi connectivity index (χ1v) is 8.56. The van der Waals surface area contributed by atoms with Gasteiger partial charge in [0.25, 0.3) is 5.91 Å². The highest BCUT2D eigenvalue weighted by Gasteiger charge is 2.38. The van der Waals surface area contributed by atoms with Crippen LogP contribution in [-0.4, -0.2) is 35.6 Å². The fraction of sp³-hybridized carbons (Fsp3) is 0.389. The van der Waals surface area contributed by atoms with Gasteiger partial charge in [0, 0.05) is 31.6 Å². The van der Waals surface area contributed by atoms with E-state index in [9.17, 15) is 18.0 Å². The lowest BCUT2D eigenvalue weighted by Crippen LogP contribution is -2.33. The molecule has 1 aromatic heterocycles. The number of halogens is 3. The van der Waals surface area contributed by atoms with Crippen molar-refractivity contribution >= 4 is 17.5 Å². The Morgan fingerprint density at radius 3 is 2.56 bits per heavy atom. The number of hydrogen-bond acceptors (Lipinski definition) is 5. The molecule has 144 valence electrons. The SMILES string of the molecule is O=C(NCC1CCOCC1)c1cnc(Nc2ccccc2)nc1C(F)(F)F. The molecular weight excluding hydrogens is 361 g/mol. The second-order valence-corrected chi connectivity index (χ2v) is 6.21. The van der Waals surface area contributed by atoms with Crippen molar-refractivity contribution in [3.63, 3.8) is 0 Å². The number of ether oxygens (including phenoxy) is 1. The number of anilines is 2. The minimum absolute atomic E-state index is 0.192. The third-order valence-electron chi connectivity index (χ3n) is 4.22. The largest absolute Gasteiger partial charge is 0.434 e. The molecule has 1 amide bonds. The molecule has 0 bridgehead atoms. The summed E-state index contributed by atoms with van der Waals surface area (Å²) in [4.78, 5) is 19.7. The Kier molecular flexibility index (Phi) is 5.90. The first kappa shape index (κ1) is 19.1. The van der Waals surface area contributed by atoms with Crippen LogP contribution in [0.15, 0.2) is 36.5 Å². The van der Waals surface area contributed by atoms with E-state index in [4.69, 9.17) is 4.74 Å². The zero-order chi connectivity index (χ0) is 19.3. The molecular formula is C18H19F3N4O2. The first-order valence-electron chi connectivity index (χ1n) is 8.56. The normalized spacial score (nSPS) is 15.4. The number of nitrogens with one attached hydrogen (secondary N) is 2. The van der Waals surface area contributed by atoms with E-state index in [0.717, 1.165) is 19.0 Å². The maximum Gasteiger partial charge on any atom is 0.434 e. The third kappa shape index (κ3) is 5.16. The molecule has 1 aromatic carbocycles. The summed E-state index contributed by atoms with van der Waals surface area (Å²) in [5, 5.41) is 5.25. The van der Waals surface area contributed by atoms with Gasteiger partial charge in [-0.25, -0.2) is 9.97 Å². The standard InChI is InChI=1S/C18H19F3N4O2/c19-18(20,21)15-14(16(26)22-10-12-6-8-27-9-7-12)11-23-17(25-15)24-13-4-2-1-3-5-13/h1-5,11-12H,6-10H2,(H,22,26)(H,23,24,25). The number of nitrogens with zero attached hydrogens (tertiary/aromatic N) is 2. The maximum atomic E-state index is 13.4. The van der Waals surface area contributed by atoms with Crippen molar-refractivity contribution in [3.05, 3.63) is 47.8 Å². The Bertz CT molecular complexity index is 778. The molecule has 1 aliphatic heterocycles. The van der Waals surface area contributed by atoms with Crippen LogP contribution < -0.4 is 10.6 Å². The molecule has 9 heteroatoms. The van der Waals surface area contributed by atoms with Crippen LogP contribution >= 0.6 is 0 Å². The molecule has 1 saturated heterocycles. The van der Waals surface area contributed by atoms with Gasteiger partial charge in [0.05, 0.1) is 5.56 Å². The Labute approximate surface area is 154 Å². The predicted molar refractivity (Wildman–Crippen MR) is 92.6 cm³/mol. The van der Waals surface area contributed by atoms with Crippen LogP contribution in [0.2, 0.25) is 0 Å². The summed E-state index contributed by atoms with van der Waals surface area (Å²) in [5.74, 6) is -0.869. The zero-order valence-corrected chi connectivity index (χ0v) is 14.4. The highest BCUT2D eigenvalue weighted by molar-refractivity contribution is 5.95. The molecule has 27 heavy (non-hydrogen) atoms. The van der Waals surface area contributed by atoms with Crippen molar-refractivity contribution in [2.75, 3.05) is 25.1 Å². The van der Waals surface area contributed by atoms with E-state index >= 15 is 0 Å². The third-order valence-corrected chi connectivity index (χ3v) is 4.22. The number of para-hydroxylation sites is 1. The predicted octanol–water partition coefficient (Wildman–Crippen LogP) is 3.40. The average Bonchev–Trinajstić information content (AvgIpc) is 2.67. The van der Waals surface area contributed by atoms with Gasteiger partial charge in [-0.15, -0.1) is 0 Å². The highest BCUT2D eigenvalue weighted by atomic mass is 19.4. The molecule has 0 spiro atoms. The first-order chi connectivity index (χ1) is 12.9. The molecule has 3 rings (SSSR count). The molecule has 0 radical (unpaired) electrons. The molecule has 2 heterocycles. The molecule has 0 saturated carbocycles. The lowest BCUT2D eigenvalue weighted by atomic mass is 10.0. The Morgan fingerprint density at radius 1 is 1.19 bits per heavy atom. The fourth-order valence-electron chi connectivity index (χ4n) is 2.76. The van der Waals surface area contributed by atoms with Gasteiger partial charge in [-0.2, -0.15) is 13.2 Å². The van der Waals surface area contributed by atoms with Crippen molar-refractivity contribution in [3.8, 4) is 0 Å². The molecule has 0 unspecified atom stereocenters. The quantitative estimate of drug-likeness (QED) is 0.832. The van der Waals surface area contributed by atoms with Crippen molar-refractivity contribution in [1.29, 1.82) is 0 Å². The van der Waals surface area contributed by atoms with Crippen LogP contribution in [0.25, 0.3) is 0 Å². The number of alkyl halides is 3. The van der Waals surface area contributed by atoms with Crippen molar-refractivity contribution in [2.24, 2.45) is 5.92 Å². The molecule has 1 fully saturated rings. The van der Waals surface area contributed by atoms with Crippen LogP contribution in [-0.2, 0) is 10.9 Å². The summed E-state index contributed by atoms with van der Waals surface area (Å²) < 4.78 is 45.5. The minimum Gasteiger partial charge on any atom is -0.381 e. The lowest BCUT2D eigenvalue weighted by molar-refractivity contribution is -0.141. The van der Waals surface area contributed by atoms with E-state index in [1.54, 1.807) is 30.3 Å². The minimum atomic E-state index is -4.78. The van der Waals surface area contributed by atoms with Gasteiger partial charge in [-0.05, 0) is 30.9 Å². The number of hydrogen-bond donors (Lipinski definition) is 2. The molecule has 6 nitrogen and oxygen atoms in total. The summed E-state index contributed by atoms with van der Waals surface area (Å²) in [5.41, 5.74) is -1.31. The van der Waals surface area contributed by atoms with Gasteiger partial charge in [-0.1, -0.05) is 18.2 Å². The summed E-state index contributed by atoms with van der Waals surface area (Å²) in [6.07, 6.45) is -2.34. The van der Waals surface area contributed by atoms with Crippen LogP contribution in [0.3, 0.4) is 0 Å². The van der Waals surface area contributed by atoms with Crippen LogP contribution in [0.5, 0.6) is 0 Å². The lowest BCUT2D eigenvalue weighted by Gasteiger charge is -2.22. The molecule has 2 N–H and O–H groups in total. The van der Waals surface area contributed by atoms with Gasteiger partial charge >= 0.3 is 6.18 Å². The maximum absolute atomic E-state index is 13.4. The van der Waals surface area contributed by atoms with Gasteiger partial charge in [0.15, 0.2) is 5.69 Å². The summed E-state index contributed by atoms with van der Waals surface area (Å²) in [6.45, 7) is 1.48. The summed E-state index contributed by atoms with van der Waals surface area (Å²) in [7, 11) is 0. The number of benzene rings is 1. The topological polar surface area (TPSA) is 76.1 Å². The smallest absolute Gasteiger partial charge is 0.381 e. The van der Waals surface area contributed by atoms with Crippen LogP contribution in [0, 0.1) is 5.92 Å². The van der Waals surface area contributed by atoms with Crippen LogP contribution in [0.4, 0.5) is 24.8 Å². The Hall–Kier alpha value is -2.68. The number of rotatable bonds is 5. The van der Waals surface area contributed by atoms with E-state index in [0.29, 0.717) is 25.4 Å². The van der Waals surface area contributed by atoms with Gasteiger partial charge in [0.2, 0.25) is 5.95 Å².